The lowest BCUT2D eigenvalue weighted by Gasteiger charge is -2.55. The Hall–Kier alpha value is -1.11. The van der Waals surface area contributed by atoms with Crippen molar-refractivity contribution in [3.8, 4) is 0 Å². The molecule has 0 aromatic heterocycles. The Balaban J connectivity index is 1.75. The smallest absolute Gasteiger partial charge is 0.139 e. The zero-order chi connectivity index (χ0) is 14.8. The summed E-state index contributed by atoms with van der Waals surface area (Å²) in [6.45, 7) is 8.91. The molecular weight excluding hydrogens is 256 g/mol. The zero-order valence-electron chi connectivity index (χ0n) is 13.3. The molecule has 5 atom stereocenters. The van der Waals surface area contributed by atoms with E-state index in [1.54, 1.807) is 0 Å². The molecule has 1 heteroatoms. The van der Waals surface area contributed by atoms with Crippen molar-refractivity contribution in [1.29, 1.82) is 0 Å². The predicted molar refractivity (Wildman–Crippen MR) is 85.8 cm³/mol. The lowest BCUT2D eigenvalue weighted by Crippen LogP contribution is -2.49. The molecule has 0 N–H and O–H groups in total. The molecule has 0 spiro atoms. The Morgan fingerprint density at radius 2 is 1.90 bits per heavy atom. The van der Waals surface area contributed by atoms with Crippen molar-refractivity contribution in [2.24, 2.45) is 28.6 Å². The van der Waals surface area contributed by atoms with Crippen LogP contribution in [-0.4, -0.2) is 5.78 Å². The van der Waals surface area contributed by atoms with Gasteiger partial charge in [0.05, 0.1) is 0 Å². The molecule has 21 heavy (non-hydrogen) atoms. The maximum Gasteiger partial charge on any atom is 0.139 e. The summed E-state index contributed by atoms with van der Waals surface area (Å²) in [5, 5.41) is 0. The van der Waals surface area contributed by atoms with E-state index in [1.165, 1.54) is 24.0 Å². The standard InChI is InChI=1S/C20H26O/c1-13-4-5-14-6-7-15-16-8-9-18(21)19(16,2)11-10-17(15)20(14,3)12-13/h4-6,15-17H,1,7-12H2,2-3H3/t15-,16-,17-,19-,20-/m0/s1. The van der Waals surface area contributed by atoms with E-state index in [1.807, 2.05) is 0 Å². The first-order valence-electron chi connectivity index (χ1n) is 8.55. The molecule has 0 amide bonds. The van der Waals surface area contributed by atoms with Crippen LogP contribution in [0, 0.1) is 28.6 Å². The summed E-state index contributed by atoms with van der Waals surface area (Å²) in [5.41, 5.74) is 3.06. The molecule has 4 aliphatic carbocycles. The van der Waals surface area contributed by atoms with Gasteiger partial charge in [-0.2, -0.15) is 0 Å². The Morgan fingerprint density at radius 1 is 1.14 bits per heavy atom. The topological polar surface area (TPSA) is 17.1 Å². The molecule has 0 aliphatic heterocycles. The van der Waals surface area contributed by atoms with E-state index in [9.17, 15) is 4.79 Å². The Kier molecular flexibility index (Phi) is 2.72. The first kappa shape index (κ1) is 13.5. The van der Waals surface area contributed by atoms with Crippen LogP contribution in [0.5, 0.6) is 0 Å². The van der Waals surface area contributed by atoms with Crippen LogP contribution in [0.2, 0.25) is 0 Å². The van der Waals surface area contributed by atoms with Gasteiger partial charge in [0, 0.05) is 11.8 Å². The fraction of sp³-hybridized carbons (Fsp3) is 0.650. The fourth-order valence-corrected chi connectivity index (χ4v) is 6.12. The molecule has 4 rings (SSSR count). The molecule has 112 valence electrons. The first-order valence-corrected chi connectivity index (χ1v) is 8.55. The lowest BCUT2D eigenvalue weighted by atomic mass is 9.48. The minimum Gasteiger partial charge on any atom is -0.299 e. The quantitative estimate of drug-likeness (QED) is 0.620. The minimum absolute atomic E-state index is 0.00954. The summed E-state index contributed by atoms with van der Waals surface area (Å²) >= 11 is 0. The maximum absolute atomic E-state index is 12.4. The SMILES string of the molecule is C=C1C=CC2=CC[C@@H]3[C@H](CC[C@]4(C)C(=O)CC[C@@H]34)[C@@]2(C)C1. The van der Waals surface area contributed by atoms with Gasteiger partial charge in [0.15, 0.2) is 0 Å². The lowest BCUT2D eigenvalue weighted by molar-refractivity contribution is -0.131. The second-order valence-electron chi connectivity index (χ2n) is 8.28. The highest BCUT2D eigenvalue weighted by molar-refractivity contribution is 5.87. The van der Waals surface area contributed by atoms with Crippen molar-refractivity contribution in [1.82, 2.24) is 0 Å². The summed E-state index contributed by atoms with van der Waals surface area (Å²) in [7, 11) is 0. The highest BCUT2D eigenvalue weighted by Crippen LogP contribution is 2.63. The fourth-order valence-electron chi connectivity index (χ4n) is 6.12. The van der Waals surface area contributed by atoms with Gasteiger partial charge in [-0.1, -0.05) is 44.2 Å². The number of rotatable bonds is 0. The van der Waals surface area contributed by atoms with E-state index in [0.29, 0.717) is 17.6 Å². The average Bonchev–Trinajstić information content (AvgIpc) is 2.74. The summed E-state index contributed by atoms with van der Waals surface area (Å²) in [4.78, 5) is 12.4. The zero-order valence-corrected chi connectivity index (χ0v) is 13.3. The Morgan fingerprint density at radius 3 is 2.71 bits per heavy atom. The number of carbonyl (C=O) groups excluding carboxylic acids is 1. The summed E-state index contributed by atoms with van der Waals surface area (Å²) < 4.78 is 0. The Labute approximate surface area is 128 Å². The minimum atomic E-state index is -0.00954. The number of hydrogen-bond acceptors (Lipinski definition) is 1. The van der Waals surface area contributed by atoms with Crippen molar-refractivity contribution < 1.29 is 4.79 Å². The van der Waals surface area contributed by atoms with Crippen LogP contribution in [0.4, 0.5) is 0 Å². The van der Waals surface area contributed by atoms with Crippen LogP contribution in [-0.2, 0) is 4.79 Å². The third-order valence-electron chi connectivity index (χ3n) is 7.33. The number of hydrogen-bond donors (Lipinski definition) is 0. The van der Waals surface area contributed by atoms with Crippen molar-refractivity contribution in [2.75, 3.05) is 0 Å². The van der Waals surface area contributed by atoms with Crippen molar-refractivity contribution in [2.45, 2.75) is 52.4 Å². The van der Waals surface area contributed by atoms with Crippen molar-refractivity contribution >= 4 is 5.78 Å². The predicted octanol–water partition coefficient (Wildman–Crippen LogP) is 4.85. The van der Waals surface area contributed by atoms with E-state index in [2.05, 4.69) is 38.7 Å². The largest absolute Gasteiger partial charge is 0.299 e. The van der Waals surface area contributed by atoms with Gasteiger partial charge in [0.1, 0.15) is 5.78 Å². The molecule has 4 aliphatic rings. The monoisotopic (exact) mass is 282 g/mol. The second-order valence-corrected chi connectivity index (χ2v) is 8.28. The summed E-state index contributed by atoms with van der Waals surface area (Å²) in [5.74, 6) is 2.61. The molecule has 0 aromatic rings. The van der Waals surface area contributed by atoms with Crippen LogP contribution in [0.15, 0.2) is 36.0 Å². The highest BCUT2D eigenvalue weighted by atomic mass is 16.1. The number of Topliss-reactive ketones (excluding diaryl/α,β-unsaturated/α-hetero) is 1. The molecule has 0 heterocycles. The van der Waals surface area contributed by atoms with Crippen LogP contribution < -0.4 is 0 Å². The van der Waals surface area contributed by atoms with E-state index in [4.69, 9.17) is 0 Å². The molecule has 0 radical (unpaired) electrons. The van der Waals surface area contributed by atoms with Crippen molar-refractivity contribution in [3.05, 3.63) is 36.0 Å². The average molecular weight is 282 g/mol. The molecule has 0 bridgehead atoms. The molecule has 0 aromatic carbocycles. The first-order chi connectivity index (χ1) is 9.95. The van der Waals surface area contributed by atoms with Gasteiger partial charge in [-0.05, 0) is 60.8 Å². The normalized spacial score (nSPS) is 48.5. The van der Waals surface area contributed by atoms with Gasteiger partial charge in [0.25, 0.3) is 0 Å². The van der Waals surface area contributed by atoms with E-state index in [0.717, 1.165) is 31.6 Å². The van der Waals surface area contributed by atoms with Gasteiger partial charge in [0.2, 0.25) is 0 Å². The molecule has 2 saturated carbocycles. The second kappa shape index (κ2) is 4.21. The molecule has 0 saturated heterocycles. The van der Waals surface area contributed by atoms with E-state index in [-0.39, 0.29) is 10.8 Å². The van der Waals surface area contributed by atoms with Crippen LogP contribution in [0.1, 0.15) is 52.4 Å². The molecular formula is C20H26O. The third-order valence-corrected chi connectivity index (χ3v) is 7.33. The highest BCUT2D eigenvalue weighted by Gasteiger charge is 2.58. The molecule has 2 fully saturated rings. The van der Waals surface area contributed by atoms with Gasteiger partial charge in [-0.15, -0.1) is 0 Å². The van der Waals surface area contributed by atoms with Crippen LogP contribution >= 0.6 is 0 Å². The number of ketones is 1. The van der Waals surface area contributed by atoms with E-state index >= 15 is 0 Å². The van der Waals surface area contributed by atoms with Crippen LogP contribution in [0.3, 0.4) is 0 Å². The Bertz CT molecular complexity index is 581. The number of carbonyl (C=O) groups is 1. The van der Waals surface area contributed by atoms with Crippen molar-refractivity contribution in [3.63, 3.8) is 0 Å². The van der Waals surface area contributed by atoms with Crippen LogP contribution in [0.25, 0.3) is 0 Å². The van der Waals surface area contributed by atoms with Gasteiger partial charge in [-0.3, -0.25) is 4.79 Å². The van der Waals surface area contributed by atoms with Gasteiger partial charge >= 0.3 is 0 Å². The maximum atomic E-state index is 12.4. The number of allylic oxidation sites excluding steroid dienone is 5. The van der Waals surface area contributed by atoms with E-state index < -0.39 is 0 Å². The summed E-state index contributed by atoms with van der Waals surface area (Å²) in [6, 6.07) is 0. The summed E-state index contributed by atoms with van der Waals surface area (Å²) in [6.07, 6.45) is 13.5. The number of fused-ring (bicyclic) bond motifs is 5. The van der Waals surface area contributed by atoms with Gasteiger partial charge < -0.3 is 0 Å². The van der Waals surface area contributed by atoms with Gasteiger partial charge in [-0.25, -0.2) is 0 Å². The molecule has 1 nitrogen and oxygen atoms in total. The third kappa shape index (κ3) is 1.67. The molecule has 0 unspecified atom stereocenters.